The number of carboxylic acids is 1. The summed E-state index contributed by atoms with van der Waals surface area (Å²) in [6.07, 6.45) is -0.0122. The Hall–Kier alpha value is -3.06. The SMILES string of the molecule is O.O=C(N[C@@H](Cc1ccc(O)c(O)c1)C(=O)O)c1ccccc1. The normalized spacial score (nSPS) is 11.1. The molecule has 0 aliphatic rings. The van der Waals surface area contributed by atoms with Crippen molar-refractivity contribution in [3.63, 3.8) is 0 Å². The summed E-state index contributed by atoms with van der Waals surface area (Å²) in [6.45, 7) is 0. The molecule has 7 nitrogen and oxygen atoms in total. The third-order valence-electron chi connectivity index (χ3n) is 3.12. The Morgan fingerprint density at radius 1 is 1.00 bits per heavy atom. The van der Waals surface area contributed by atoms with E-state index in [1.807, 2.05) is 0 Å². The molecule has 1 amide bonds. The third kappa shape index (κ3) is 4.72. The van der Waals surface area contributed by atoms with E-state index >= 15 is 0 Å². The lowest BCUT2D eigenvalue weighted by Gasteiger charge is -2.15. The van der Waals surface area contributed by atoms with Crippen LogP contribution in [-0.2, 0) is 11.2 Å². The van der Waals surface area contributed by atoms with Gasteiger partial charge in [0, 0.05) is 12.0 Å². The number of amides is 1. The molecule has 2 rings (SSSR count). The number of hydrogen-bond donors (Lipinski definition) is 4. The Balaban J connectivity index is 0.00000264. The molecule has 0 saturated carbocycles. The summed E-state index contributed by atoms with van der Waals surface area (Å²) in [4.78, 5) is 23.3. The lowest BCUT2D eigenvalue weighted by Crippen LogP contribution is -2.42. The monoisotopic (exact) mass is 319 g/mol. The van der Waals surface area contributed by atoms with Crippen LogP contribution in [0.2, 0.25) is 0 Å². The smallest absolute Gasteiger partial charge is 0.326 e. The first kappa shape index (κ1) is 18.0. The van der Waals surface area contributed by atoms with Gasteiger partial charge in [-0.25, -0.2) is 4.79 Å². The summed E-state index contributed by atoms with van der Waals surface area (Å²) in [7, 11) is 0. The lowest BCUT2D eigenvalue weighted by molar-refractivity contribution is -0.139. The maximum atomic E-state index is 12.0. The number of benzene rings is 2. The number of phenols is 2. The Morgan fingerprint density at radius 2 is 1.65 bits per heavy atom. The van der Waals surface area contributed by atoms with Crippen molar-refractivity contribution in [1.29, 1.82) is 0 Å². The third-order valence-corrected chi connectivity index (χ3v) is 3.12. The first-order valence-electron chi connectivity index (χ1n) is 6.57. The van der Waals surface area contributed by atoms with Crippen LogP contribution < -0.4 is 5.32 Å². The Bertz CT molecular complexity index is 686. The summed E-state index contributed by atoms with van der Waals surface area (Å²) >= 11 is 0. The molecule has 2 aromatic carbocycles. The topological polar surface area (TPSA) is 138 Å². The second-order valence-electron chi connectivity index (χ2n) is 4.76. The molecule has 0 aliphatic heterocycles. The minimum absolute atomic E-state index is 0. The van der Waals surface area contributed by atoms with Crippen LogP contribution in [0.1, 0.15) is 15.9 Å². The number of nitrogens with one attached hydrogen (secondary N) is 1. The van der Waals surface area contributed by atoms with E-state index in [2.05, 4.69) is 5.32 Å². The van der Waals surface area contributed by atoms with Gasteiger partial charge < -0.3 is 26.1 Å². The zero-order valence-electron chi connectivity index (χ0n) is 12.1. The van der Waals surface area contributed by atoms with Crippen LogP contribution in [-0.4, -0.2) is 38.7 Å². The maximum absolute atomic E-state index is 12.0. The summed E-state index contributed by atoms with van der Waals surface area (Å²) in [6, 6.07) is 11.2. The highest BCUT2D eigenvalue weighted by Gasteiger charge is 2.21. The van der Waals surface area contributed by atoms with Crippen LogP contribution in [0.4, 0.5) is 0 Å². The zero-order valence-corrected chi connectivity index (χ0v) is 12.1. The predicted octanol–water partition coefficient (Wildman–Crippen LogP) is 0.699. The van der Waals surface area contributed by atoms with Crippen LogP contribution in [0.5, 0.6) is 11.5 Å². The zero-order chi connectivity index (χ0) is 16.1. The second kappa shape index (κ2) is 7.81. The number of aromatic hydroxyl groups is 2. The molecule has 0 radical (unpaired) electrons. The Morgan fingerprint density at radius 3 is 2.22 bits per heavy atom. The molecule has 23 heavy (non-hydrogen) atoms. The fraction of sp³-hybridized carbons (Fsp3) is 0.125. The van der Waals surface area contributed by atoms with Crippen molar-refractivity contribution in [3.05, 3.63) is 59.7 Å². The fourth-order valence-corrected chi connectivity index (χ4v) is 1.96. The largest absolute Gasteiger partial charge is 0.504 e. The van der Waals surface area contributed by atoms with Crippen LogP contribution in [0.3, 0.4) is 0 Å². The molecular weight excluding hydrogens is 302 g/mol. The molecule has 0 fully saturated rings. The molecule has 0 saturated heterocycles. The second-order valence-corrected chi connectivity index (χ2v) is 4.76. The molecule has 0 bridgehead atoms. The number of phenolic OH excluding ortho intramolecular Hbond substituents is 2. The van der Waals surface area contributed by atoms with Crippen molar-refractivity contribution >= 4 is 11.9 Å². The summed E-state index contributed by atoms with van der Waals surface area (Å²) in [5.41, 5.74) is 0.846. The first-order valence-corrected chi connectivity index (χ1v) is 6.57. The van der Waals surface area contributed by atoms with E-state index in [1.54, 1.807) is 30.3 Å². The van der Waals surface area contributed by atoms with Crippen molar-refractivity contribution in [1.82, 2.24) is 5.32 Å². The molecule has 1 atom stereocenters. The van der Waals surface area contributed by atoms with E-state index < -0.39 is 17.9 Å². The van der Waals surface area contributed by atoms with E-state index in [0.717, 1.165) is 0 Å². The van der Waals surface area contributed by atoms with Gasteiger partial charge in [0.15, 0.2) is 11.5 Å². The van der Waals surface area contributed by atoms with Crippen LogP contribution in [0.25, 0.3) is 0 Å². The van der Waals surface area contributed by atoms with Crippen molar-refractivity contribution < 1.29 is 30.4 Å². The van der Waals surface area contributed by atoms with Gasteiger partial charge in [0.25, 0.3) is 5.91 Å². The molecular formula is C16H17NO6. The van der Waals surface area contributed by atoms with Gasteiger partial charge in [0.05, 0.1) is 0 Å². The molecule has 2 aromatic rings. The molecule has 0 aromatic heterocycles. The summed E-state index contributed by atoms with van der Waals surface area (Å²) in [5, 5.41) is 30.3. The fourth-order valence-electron chi connectivity index (χ4n) is 1.96. The molecule has 0 unspecified atom stereocenters. The highest BCUT2D eigenvalue weighted by molar-refractivity contribution is 5.96. The summed E-state index contributed by atoms with van der Waals surface area (Å²) < 4.78 is 0. The molecule has 122 valence electrons. The van der Waals surface area contributed by atoms with Crippen molar-refractivity contribution in [2.45, 2.75) is 12.5 Å². The highest BCUT2D eigenvalue weighted by atomic mass is 16.4. The molecule has 0 heterocycles. The van der Waals surface area contributed by atoms with Crippen molar-refractivity contribution in [2.24, 2.45) is 0 Å². The van der Waals surface area contributed by atoms with Gasteiger partial charge in [-0.2, -0.15) is 0 Å². The number of carbonyl (C=O) groups is 2. The van der Waals surface area contributed by atoms with Crippen LogP contribution in [0, 0.1) is 0 Å². The van der Waals surface area contributed by atoms with Gasteiger partial charge >= 0.3 is 5.97 Å². The van der Waals surface area contributed by atoms with Crippen molar-refractivity contribution in [2.75, 3.05) is 0 Å². The van der Waals surface area contributed by atoms with Gasteiger partial charge in [-0.3, -0.25) is 4.79 Å². The highest BCUT2D eigenvalue weighted by Crippen LogP contribution is 2.25. The molecule has 0 spiro atoms. The average molecular weight is 319 g/mol. The van der Waals surface area contributed by atoms with E-state index in [4.69, 9.17) is 0 Å². The molecule has 7 heteroatoms. The number of hydrogen-bond acceptors (Lipinski definition) is 4. The Kier molecular flexibility index (Phi) is 6.11. The van der Waals surface area contributed by atoms with E-state index in [0.29, 0.717) is 11.1 Å². The van der Waals surface area contributed by atoms with Crippen molar-refractivity contribution in [3.8, 4) is 11.5 Å². The minimum Gasteiger partial charge on any atom is -0.504 e. The van der Waals surface area contributed by atoms with Crippen LogP contribution in [0.15, 0.2) is 48.5 Å². The maximum Gasteiger partial charge on any atom is 0.326 e. The van der Waals surface area contributed by atoms with Crippen LogP contribution >= 0.6 is 0 Å². The number of rotatable bonds is 5. The van der Waals surface area contributed by atoms with Gasteiger partial charge in [0.1, 0.15) is 6.04 Å². The lowest BCUT2D eigenvalue weighted by atomic mass is 10.0. The predicted molar refractivity (Wildman–Crippen MR) is 82.4 cm³/mol. The summed E-state index contributed by atoms with van der Waals surface area (Å²) in [5.74, 6) is -2.30. The minimum atomic E-state index is -1.18. The average Bonchev–Trinajstić information content (AvgIpc) is 2.51. The Labute approximate surface area is 132 Å². The molecule has 6 N–H and O–H groups in total. The van der Waals surface area contributed by atoms with Gasteiger partial charge in [-0.05, 0) is 29.8 Å². The number of carboxylic acid groups (broad SMARTS) is 1. The van der Waals surface area contributed by atoms with Gasteiger partial charge in [0.2, 0.25) is 0 Å². The van der Waals surface area contributed by atoms with Gasteiger partial charge in [-0.15, -0.1) is 0 Å². The standard InChI is InChI=1S/C16H15NO5.H2O/c18-13-7-6-10(9-14(13)19)8-12(16(21)22)17-15(20)11-4-2-1-3-5-11;/h1-7,9,12,18-19H,8H2,(H,17,20)(H,21,22);1H2/t12-;/m0./s1. The quantitative estimate of drug-likeness (QED) is 0.601. The van der Waals surface area contributed by atoms with Gasteiger partial charge in [-0.1, -0.05) is 24.3 Å². The molecule has 0 aliphatic carbocycles. The first-order chi connectivity index (χ1) is 10.5. The van der Waals surface area contributed by atoms with E-state index in [1.165, 1.54) is 18.2 Å². The van der Waals surface area contributed by atoms with E-state index in [9.17, 15) is 24.9 Å². The van der Waals surface area contributed by atoms with E-state index in [-0.39, 0.29) is 23.4 Å². The number of aliphatic carboxylic acids is 1. The number of carbonyl (C=O) groups excluding carboxylic acids is 1.